The lowest BCUT2D eigenvalue weighted by Crippen LogP contribution is -2.28. The van der Waals surface area contributed by atoms with Crippen LogP contribution in [0.25, 0.3) is 0 Å². The van der Waals surface area contributed by atoms with Crippen LogP contribution in [0.5, 0.6) is 0 Å². The Morgan fingerprint density at radius 2 is 1.86 bits per heavy atom. The molecule has 1 aliphatic heterocycles. The SMILES string of the molecule is Fc1cccc(F)c1[C@H]1CCCCN1. The van der Waals surface area contributed by atoms with Crippen LogP contribution in [0.4, 0.5) is 8.78 Å². The van der Waals surface area contributed by atoms with Crippen LogP contribution in [0.3, 0.4) is 0 Å². The molecule has 3 heteroatoms. The van der Waals surface area contributed by atoms with Gasteiger partial charge in [-0.2, -0.15) is 0 Å². The zero-order valence-electron chi connectivity index (χ0n) is 7.89. The van der Waals surface area contributed by atoms with E-state index in [0.29, 0.717) is 0 Å². The molecule has 1 heterocycles. The third kappa shape index (κ3) is 1.77. The van der Waals surface area contributed by atoms with Gasteiger partial charge in [-0.3, -0.25) is 0 Å². The normalized spacial score (nSPS) is 22.3. The number of piperidine rings is 1. The van der Waals surface area contributed by atoms with Crippen LogP contribution in [-0.4, -0.2) is 6.54 Å². The molecule has 0 amide bonds. The minimum atomic E-state index is -0.440. The Bertz CT molecular complexity index is 299. The molecule has 1 aromatic rings. The van der Waals surface area contributed by atoms with Crippen molar-refractivity contribution in [1.29, 1.82) is 0 Å². The number of hydrogen-bond acceptors (Lipinski definition) is 1. The summed E-state index contributed by atoms with van der Waals surface area (Å²) in [4.78, 5) is 0. The van der Waals surface area contributed by atoms with E-state index < -0.39 is 11.6 Å². The van der Waals surface area contributed by atoms with Crippen molar-refractivity contribution in [3.63, 3.8) is 0 Å². The van der Waals surface area contributed by atoms with Crippen molar-refractivity contribution in [3.05, 3.63) is 35.4 Å². The summed E-state index contributed by atoms with van der Waals surface area (Å²) in [5.41, 5.74) is 0.201. The summed E-state index contributed by atoms with van der Waals surface area (Å²) in [6.45, 7) is 0.846. The van der Waals surface area contributed by atoms with Crippen molar-refractivity contribution in [2.75, 3.05) is 6.54 Å². The predicted octanol–water partition coefficient (Wildman–Crippen LogP) is 2.78. The van der Waals surface area contributed by atoms with E-state index >= 15 is 0 Å². The van der Waals surface area contributed by atoms with Crippen LogP contribution in [0, 0.1) is 11.6 Å². The lowest BCUT2D eigenvalue weighted by atomic mass is 9.97. The van der Waals surface area contributed by atoms with Crippen LogP contribution in [-0.2, 0) is 0 Å². The van der Waals surface area contributed by atoms with Crippen LogP contribution in [0.1, 0.15) is 30.9 Å². The first-order valence-corrected chi connectivity index (χ1v) is 4.96. The molecule has 0 bridgehead atoms. The summed E-state index contributed by atoms with van der Waals surface area (Å²) < 4.78 is 26.7. The highest BCUT2D eigenvalue weighted by Crippen LogP contribution is 2.27. The molecule has 1 saturated heterocycles. The van der Waals surface area contributed by atoms with Gasteiger partial charge < -0.3 is 5.32 Å². The van der Waals surface area contributed by atoms with Gasteiger partial charge in [-0.15, -0.1) is 0 Å². The summed E-state index contributed by atoms with van der Waals surface area (Å²) in [5, 5.41) is 3.14. The van der Waals surface area contributed by atoms with Gasteiger partial charge in [0.2, 0.25) is 0 Å². The predicted molar refractivity (Wildman–Crippen MR) is 51.0 cm³/mol. The third-order valence-corrected chi connectivity index (χ3v) is 2.66. The molecule has 1 aliphatic rings. The van der Waals surface area contributed by atoms with E-state index in [9.17, 15) is 8.78 Å². The highest BCUT2D eigenvalue weighted by molar-refractivity contribution is 5.23. The monoisotopic (exact) mass is 197 g/mol. The Morgan fingerprint density at radius 3 is 2.43 bits per heavy atom. The van der Waals surface area contributed by atoms with E-state index in [1.807, 2.05) is 0 Å². The summed E-state index contributed by atoms with van der Waals surface area (Å²) in [7, 11) is 0. The smallest absolute Gasteiger partial charge is 0.130 e. The van der Waals surface area contributed by atoms with E-state index in [-0.39, 0.29) is 11.6 Å². The standard InChI is InChI=1S/C11H13F2N/c12-8-4-3-5-9(13)11(8)10-6-1-2-7-14-10/h3-5,10,14H,1-2,6-7H2/t10-/m1/s1. The Kier molecular flexibility index (Phi) is 2.77. The van der Waals surface area contributed by atoms with Crippen LogP contribution in [0.15, 0.2) is 18.2 Å². The zero-order chi connectivity index (χ0) is 9.97. The first-order valence-electron chi connectivity index (χ1n) is 4.96. The fraction of sp³-hybridized carbons (Fsp3) is 0.455. The largest absolute Gasteiger partial charge is 0.310 e. The second-order valence-electron chi connectivity index (χ2n) is 3.64. The van der Waals surface area contributed by atoms with Crippen molar-refractivity contribution >= 4 is 0 Å². The first kappa shape index (κ1) is 9.59. The molecule has 0 saturated carbocycles. The van der Waals surface area contributed by atoms with E-state index in [4.69, 9.17) is 0 Å². The molecule has 76 valence electrons. The molecule has 0 spiro atoms. The highest BCUT2D eigenvalue weighted by atomic mass is 19.1. The van der Waals surface area contributed by atoms with Gasteiger partial charge in [0.1, 0.15) is 11.6 Å². The fourth-order valence-electron chi connectivity index (χ4n) is 1.94. The number of rotatable bonds is 1. The van der Waals surface area contributed by atoms with Gasteiger partial charge in [0.05, 0.1) is 0 Å². The minimum Gasteiger partial charge on any atom is -0.310 e. The minimum absolute atomic E-state index is 0.148. The third-order valence-electron chi connectivity index (χ3n) is 2.66. The van der Waals surface area contributed by atoms with Crippen molar-refractivity contribution in [2.24, 2.45) is 0 Å². The maximum atomic E-state index is 13.4. The molecule has 1 fully saturated rings. The zero-order valence-corrected chi connectivity index (χ0v) is 7.89. The number of hydrogen-bond donors (Lipinski definition) is 1. The van der Waals surface area contributed by atoms with E-state index in [1.54, 1.807) is 0 Å². The van der Waals surface area contributed by atoms with Crippen molar-refractivity contribution < 1.29 is 8.78 Å². The molecule has 14 heavy (non-hydrogen) atoms. The van der Waals surface area contributed by atoms with Gasteiger partial charge in [-0.1, -0.05) is 12.5 Å². The highest BCUT2D eigenvalue weighted by Gasteiger charge is 2.21. The second-order valence-corrected chi connectivity index (χ2v) is 3.64. The molecular formula is C11H13F2N. The molecule has 1 nitrogen and oxygen atoms in total. The van der Waals surface area contributed by atoms with Gasteiger partial charge in [0, 0.05) is 11.6 Å². The van der Waals surface area contributed by atoms with Crippen molar-refractivity contribution in [1.82, 2.24) is 5.32 Å². The number of benzene rings is 1. The van der Waals surface area contributed by atoms with Crippen molar-refractivity contribution in [3.8, 4) is 0 Å². The van der Waals surface area contributed by atoms with E-state index in [2.05, 4.69) is 5.32 Å². The number of halogens is 2. The van der Waals surface area contributed by atoms with Gasteiger partial charge in [0.25, 0.3) is 0 Å². The Balaban J connectivity index is 2.29. The first-order chi connectivity index (χ1) is 6.79. The Hall–Kier alpha value is -0.960. The summed E-state index contributed by atoms with van der Waals surface area (Å²) in [5.74, 6) is -0.881. The quantitative estimate of drug-likeness (QED) is 0.730. The van der Waals surface area contributed by atoms with Crippen LogP contribution in [0.2, 0.25) is 0 Å². The lowest BCUT2D eigenvalue weighted by molar-refractivity contribution is 0.385. The summed E-state index contributed by atoms with van der Waals surface area (Å²) >= 11 is 0. The van der Waals surface area contributed by atoms with Gasteiger partial charge >= 0.3 is 0 Å². The van der Waals surface area contributed by atoms with Crippen LogP contribution >= 0.6 is 0 Å². The van der Waals surface area contributed by atoms with E-state index in [1.165, 1.54) is 18.2 Å². The Labute approximate surface area is 82.1 Å². The number of nitrogens with one attached hydrogen (secondary N) is 1. The molecule has 1 aromatic carbocycles. The maximum absolute atomic E-state index is 13.4. The molecule has 1 N–H and O–H groups in total. The van der Waals surface area contributed by atoms with Gasteiger partial charge in [-0.05, 0) is 31.5 Å². The molecular weight excluding hydrogens is 184 g/mol. The second kappa shape index (κ2) is 4.05. The molecule has 2 rings (SSSR count). The molecule has 0 aromatic heterocycles. The summed E-state index contributed by atoms with van der Waals surface area (Å²) in [6.07, 6.45) is 2.94. The van der Waals surface area contributed by atoms with Crippen LogP contribution < -0.4 is 5.32 Å². The van der Waals surface area contributed by atoms with Gasteiger partial charge in [0.15, 0.2) is 0 Å². The average molecular weight is 197 g/mol. The summed E-state index contributed by atoms with van der Waals surface area (Å²) in [6, 6.07) is 3.88. The topological polar surface area (TPSA) is 12.0 Å². The molecule has 0 aliphatic carbocycles. The van der Waals surface area contributed by atoms with Crippen molar-refractivity contribution in [2.45, 2.75) is 25.3 Å². The molecule has 1 atom stereocenters. The molecule has 0 unspecified atom stereocenters. The van der Waals surface area contributed by atoms with Gasteiger partial charge in [-0.25, -0.2) is 8.78 Å². The lowest BCUT2D eigenvalue weighted by Gasteiger charge is -2.24. The molecule has 0 radical (unpaired) electrons. The Morgan fingerprint density at radius 1 is 1.14 bits per heavy atom. The van der Waals surface area contributed by atoms with E-state index in [0.717, 1.165) is 25.8 Å². The average Bonchev–Trinajstić information content (AvgIpc) is 2.19. The fourth-order valence-corrected chi connectivity index (χ4v) is 1.94. The maximum Gasteiger partial charge on any atom is 0.130 e.